The molecule has 3 aromatic rings. The van der Waals surface area contributed by atoms with Crippen LogP contribution in [-0.4, -0.2) is 38.9 Å². The Kier molecular flexibility index (Phi) is 7.32. The van der Waals surface area contributed by atoms with Gasteiger partial charge in [0.25, 0.3) is 11.8 Å². The first kappa shape index (κ1) is 23.2. The lowest BCUT2D eigenvalue weighted by Gasteiger charge is -2.14. The number of anilines is 1. The monoisotopic (exact) mass is 543 g/mol. The van der Waals surface area contributed by atoms with Gasteiger partial charge in [-0.15, -0.1) is 0 Å². The molecule has 0 atom stereocenters. The molecule has 1 aromatic carbocycles. The average Bonchev–Trinajstić information content (AvgIpc) is 3.09. The van der Waals surface area contributed by atoms with Crippen LogP contribution in [-0.2, 0) is 4.79 Å². The molecule has 0 saturated carbocycles. The van der Waals surface area contributed by atoms with Crippen molar-refractivity contribution in [1.29, 1.82) is 0 Å². The maximum absolute atomic E-state index is 13.1. The van der Waals surface area contributed by atoms with Crippen molar-refractivity contribution in [3.05, 3.63) is 67.5 Å². The number of halogens is 4. The normalized spacial score (nSPS) is 10.6. The highest BCUT2D eigenvalue weighted by Crippen LogP contribution is 2.31. The molecule has 0 unspecified atom stereocenters. The van der Waals surface area contributed by atoms with E-state index in [1.54, 1.807) is 12.1 Å². The zero-order chi connectivity index (χ0) is 22.7. The predicted molar refractivity (Wildman–Crippen MR) is 121 cm³/mol. The van der Waals surface area contributed by atoms with Gasteiger partial charge in [-0.05, 0) is 47.1 Å². The number of aromatic nitrogens is 3. The fourth-order valence-electron chi connectivity index (χ4n) is 2.57. The third-order valence-electron chi connectivity index (χ3n) is 3.89. The largest absolute Gasteiger partial charge is 0.345 e. The second-order valence-electron chi connectivity index (χ2n) is 6.22. The van der Waals surface area contributed by atoms with Gasteiger partial charge in [-0.1, -0.05) is 34.8 Å². The summed E-state index contributed by atoms with van der Waals surface area (Å²) in [6.45, 7) is 1.14. The van der Waals surface area contributed by atoms with Crippen molar-refractivity contribution in [2.24, 2.45) is 0 Å². The predicted octanol–water partition coefficient (Wildman–Crippen LogP) is 4.56. The Morgan fingerprint density at radius 2 is 1.84 bits per heavy atom. The standard InChI is InChI=1S/C19H13BrCl3N5O3/c1-9(29)8-25-18(30)11-5-10(21)6-13(23)16(11)26-19(31)14-7-15(20)27-28(14)17-12(22)3-2-4-24-17/h2-7H,8H2,1H3,(H,25,30)(H,26,31). The van der Waals surface area contributed by atoms with Crippen molar-refractivity contribution in [2.75, 3.05) is 11.9 Å². The van der Waals surface area contributed by atoms with Gasteiger partial charge in [0, 0.05) is 17.3 Å². The Bertz CT molecular complexity index is 1200. The fourth-order valence-corrected chi connectivity index (χ4v) is 3.68. The SMILES string of the molecule is CC(=O)CNC(=O)c1cc(Cl)cc(Cl)c1NC(=O)c1cc(Br)nn1-c1ncccc1Cl. The van der Waals surface area contributed by atoms with E-state index in [1.807, 2.05) is 0 Å². The molecule has 0 spiro atoms. The molecule has 2 aromatic heterocycles. The van der Waals surface area contributed by atoms with Crippen LogP contribution in [0.2, 0.25) is 15.1 Å². The number of benzene rings is 1. The molecule has 2 amide bonds. The highest BCUT2D eigenvalue weighted by molar-refractivity contribution is 9.10. The second-order valence-corrected chi connectivity index (χ2v) is 8.29. The third-order valence-corrected chi connectivity index (χ3v) is 5.09. The number of ketones is 1. The molecule has 31 heavy (non-hydrogen) atoms. The van der Waals surface area contributed by atoms with Gasteiger partial charge in [0.05, 0.1) is 27.8 Å². The minimum atomic E-state index is -0.634. The van der Waals surface area contributed by atoms with Crippen LogP contribution in [0, 0.1) is 0 Å². The van der Waals surface area contributed by atoms with Crippen LogP contribution in [0.15, 0.2) is 41.1 Å². The van der Waals surface area contributed by atoms with Crippen LogP contribution in [0.4, 0.5) is 5.69 Å². The van der Waals surface area contributed by atoms with Gasteiger partial charge in [0.1, 0.15) is 16.1 Å². The molecular formula is C19H13BrCl3N5O3. The summed E-state index contributed by atoms with van der Waals surface area (Å²) in [5.41, 5.74) is 0.0924. The number of hydrogen-bond acceptors (Lipinski definition) is 5. The van der Waals surface area contributed by atoms with E-state index in [4.69, 9.17) is 34.8 Å². The van der Waals surface area contributed by atoms with Crippen molar-refractivity contribution < 1.29 is 14.4 Å². The number of Topliss-reactive ketones (excluding diaryl/α,β-unsaturated/α-hetero) is 1. The topological polar surface area (TPSA) is 106 Å². The molecule has 0 aliphatic carbocycles. The number of carbonyl (C=O) groups is 3. The summed E-state index contributed by atoms with van der Waals surface area (Å²) >= 11 is 21.7. The molecule has 0 bridgehead atoms. The molecule has 2 N–H and O–H groups in total. The minimum absolute atomic E-state index is 0.00639. The maximum Gasteiger partial charge on any atom is 0.274 e. The van der Waals surface area contributed by atoms with E-state index >= 15 is 0 Å². The van der Waals surface area contributed by atoms with Crippen LogP contribution in [0.3, 0.4) is 0 Å². The summed E-state index contributed by atoms with van der Waals surface area (Å²) < 4.78 is 1.61. The van der Waals surface area contributed by atoms with Crippen molar-refractivity contribution >= 4 is 74.0 Å². The number of pyridine rings is 1. The Balaban J connectivity index is 1.99. The molecule has 160 valence electrons. The molecule has 12 heteroatoms. The smallest absolute Gasteiger partial charge is 0.274 e. The van der Waals surface area contributed by atoms with E-state index in [0.717, 1.165) is 0 Å². The van der Waals surface area contributed by atoms with Crippen molar-refractivity contribution in [2.45, 2.75) is 6.92 Å². The van der Waals surface area contributed by atoms with E-state index in [9.17, 15) is 14.4 Å². The highest BCUT2D eigenvalue weighted by atomic mass is 79.9. The van der Waals surface area contributed by atoms with Gasteiger partial charge >= 0.3 is 0 Å². The number of amides is 2. The third kappa shape index (κ3) is 5.43. The number of nitrogens with zero attached hydrogens (tertiary/aromatic N) is 3. The van der Waals surface area contributed by atoms with Crippen LogP contribution < -0.4 is 10.6 Å². The van der Waals surface area contributed by atoms with E-state index in [-0.39, 0.29) is 50.2 Å². The lowest BCUT2D eigenvalue weighted by molar-refractivity contribution is -0.116. The highest BCUT2D eigenvalue weighted by Gasteiger charge is 2.23. The molecule has 0 aliphatic rings. The minimum Gasteiger partial charge on any atom is -0.345 e. The lowest BCUT2D eigenvalue weighted by atomic mass is 10.1. The summed E-state index contributed by atoms with van der Waals surface area (Å²) in [6, 6.07) is 7.42. The summed E-state index contributed by atoms with van der Waals surface area (Å²) in [6.07, 6.45) is 1.51. The Hall–Kier alpha value is -2.46. The van der Waals surface area contributed by atoms with Gasteiger partial charge in [0.15, 0.2) is 5.82 Å². The van der Waals surface area contributed by atoms with E-state index in [1.165, 1.54) is 36.0 Å². The first-order valence-corrected chi connectivity index (χ1v) is 10.5. The Labute approximate surface area is 200 Å². The molecule has 8 nitrogen and oxygen atoms in total. The zero-order valence-corrected chi connectivity index (χ0v) is 19.6. The van der Waals surface area contributed by atoms with Gasteiger partial charge in [0.2, 0.25) is 0 Å². The second kappa shape index (κ2) is 9.78. The number of nitrogens with one attached hydrogen (secondary N) is 2. The molecule has 3 rings (SSSR count). The van der Waals surface area contributed by atoms with Crippen LogP contribution in [0.25, 0.3) is 5.82 Å². The first-order chi connectivity index (χ1) is 14.7. The number of hydrogen-bond donors (Lipinski definition) is 2. The Morgan fingerprint density at radius 1 is 1.10 bits per heavy atom. The molecule has 0 saturated heterocycles. The zero-order valence-electron chi connectivity index (χ0n) is 15.7. The van der Waals surface area contributed by atoms with Crippen molar-refractivity contribution in [1.82, 2.24) is 20.1 Å². The summed E-state index contributed by atoms with van der Waals surface area (Å²) in [5, 5.41) is 9.75. The number of carbonyl (C=O) groups excluding carboxylic acids is 3. The fraction of sp³-hybridized carbons (Fsp3) is 0.105. The summed E-state index contributed by atoms with van der Waals surface area (Å²) in [7, 11) is 0. The van der Waals surface area contributed by atoms with Crippen molar-refractivity contribution in [3.63, 3.8) is 0 Å². The van der Waals surface area contributed by atoms with Crippen molar-refractivity contribution in [3.8, 4) is 5.82 Å². The van der Waals surface area contributed by atoms with Crippen LogP contribution in [0.5, 0.6) is 0 Å². The van der Waals surface area contributed by atoms with Gasteiger partial charge in [-0.2, -0.15) is 5.10 Å². The van der Waals surface area contributed by atoms with E-state index in [2.05, 4.69) is 36.6 Å². The average molecular weight is 546 g/mol. The maximum atomic E-state index is 13.1. The summed E-state index contributed by atoms with van der Waals surface area (Å²) in [5.74, 6) is -1.27. The van der Waals surface area contributed by atoms with Gasteiger partial charge < -0.3 is 10.6 Å². The molecule has 2 heterocycles. The quantitative estimate of drug-likeness (QED) is 0.473. The van der Waals surface area contributed by atoms with Gasteiger partial charge in [-0.3, -0.25) is 14.4 Å². The lowest BCUT2D eigenvalue weighted by Crippen LogP contribution is -2.29. The molecule has 0 radical (unpaired) electrons. The Morgan fingerprint density at radius 3 is 2.52 bits per heavy atom. The molecule has 0 aliphatic heterocycles. The van der Waals surface area contributed by atoms with E-state index < -0.39 is 11.8 Å². The van der Waals surface area contributed by atoms with Crippen LogP contribution in [0.1, 0.15) is 27.8 Å². The number of rotatable bonds is 6. The summed E-state index contributed by atoms with van der Waals surface area (Å²) in [4.78, 5) is 41.0. The molecular weight excluding hydrogens is 533 g/mol. The molecule has 0 fully saturated rings. The van der Waals surface area contributed by atoms with Gasteiger partial charge in [-0.25, -0.2) is 9.67 Å². The van der Waals surface area contributed by atoms with Crippen LogP contribution >= 0.6 is 50.7 Å². The van der Waals surface area contributed by atoms with E-state index in [0.29, 0.717) is 4.60 Å². The first-order valence-electron chi connectivity index (χ1n) is 8.62.